The molecule has 1 atom stereocenters. The number of amides is 1. The van der Waals surface area contributed by atoms with Gasteiger partial charge in [-0.1, -0.05) is 6.42 Å². The summed E-state index contributed by atoms with van der Waals surface area (Å²) in [7, 11) is 0. The van der Waals surface area contributed by atoms with E-state index >= 15 is 0 Å². The van der Waals surface area contributed by atoms with Crippen molar-refractivity contribution < 1.29 is 4.79 Å². The van der Waals surface area contributed by atoms with Gasteiger partial charge in [-0.3, -0.25) is 14.6 Å². The Labute approximate surface area is 161 Å². The molecule has 0 saturated carbocycles. The Hall–Kier alpha value is -2.78. The molecule has 3 N–H and O–H groups in total. The highest BCUT2D eigenvalue weighted by Crippen LogP contribution is 2.44. The predicted octanol–water partition coefficient (Wildman–Crippen LogP) is 0.113. The van der Waals surface area contributed by atoms with E-state index in [4.69, 9.17) is 5.73 Å². The molecule has 2 aromatic heterocycles. The van der Waals surface area contributed by atoms with Crippen LogP contribution in [0.1, 0.15) is 61.5 Å². The van der Waals surface area contributed by atoms with Gasteiger partial charge in [-0.2, -0.15) is 0 Å². The lowest BCUT2D eigenvalue weighted by Crippen LogP contribution is -2.46. The van der Waals surface area contributed by atoms with Crippen molar-refractivity contribution in [1.29, 1.82) is 0 Å². The zero-order chi connectivity index (χ0) is 19.3. The maximum Gasteiger partial charge on any atom is 0.255 e. The van der Waals surface area contributed by atoms with Crippen molar-refractivity contribution in [3.05, 3.63) is 27.4 Å². The first-order chi connectivity index (χ1) is 13.6. The van der Waals surface area contributed by atoms with E-state index in [2.05, 4.69) is 25.5 Å². The van der Waals surface area contributed by atoms with Gasteiger partial charge < -0.3 is 10.6 Å². The quantitative estimate of drug-likeness (QED) is 0.712. The SMILES string of the molecule is Nc1nc2c(c(=O)[nH]1)CCC21CCN(C(=O)C2CCCCn3nnnc32)CC1. The lowest BCUT2D eigenvalue weighted by atomic mass is 9.76. The normalized spacial score (nSPS) is 23.3. The van der Waals surface area contributed by atoms with Gasteiger partial charge in [0.25, 0.3) is 5.56 Å². The molecule has 1 fully saturated rings. The van der Waals surface area contributed by atoms with E-state index in [1.54, 1.807) is 4.68 Å². The lowest BCUT2D eigenvalue weighted by Gasteiger charge is -2.40. The Morgan fingerprint density at radius 2 is 2.00 bits per heavy atom. The van der Waals surface area contributed by atoms with Gasteiger partial charge in [-0.05, 0) is 49.0 Å². The average Bonchev–Trinajstić information content (AvgIpc) is 3.22. The highest BCUT2D eigenvalue weighted by Gasteiger charge is 2.45. The van der Waals surface area contributed by atoms with Crippen LogP contribution in [0, 0.1) is 0 Å². The van der Waals surface area contributed by atoms with Gasteiger partial charge in [0, 0.05) is 30.6 Å². The molecule has 10 nitrogen and oxygen atoms in total. The van der Waals surface area contributed by atoms with E-state index in [-0.39, 0.29) is 28.7 Å². The molecule has 148 valence electrons. The number of nitrogen functional groups attached to an aromatic ring is 1. The van der Waals surface area contributed by atoms with Gasteiger partial charge in [-0.25, -0.2) is 9.67 Å². The van der Waals surface area contributed by atoms with Crippen molar-refractivity contribution in [3.63, 3.8) is 0 Å². The average molecular weight is 384 g/mol. The van der Waals surface area contributed by atoms with E-state index < -0.39 is 0 Å². The van der Waals surface area contributed by atoms with Gasteiger partial charge in [0.1, 0.15) is 0 Å². The second-order valence-electron chi connectivity index (χ2n) is 8.19. The summed E-state index contributed by atoms with van der Waals surface area (Å²) >= 11 is 0. The zero-order valence-corrected chi connectivity index (χ0v) is 15.7. The standard InChI is InChI=1S/C18H24N8O2/c19-17-20-13-11(15(27)21-17)4-5-18(13)6-9-25(10-7-18)16(28)12-3-1-2-8-26-14(12)22-23-24-26/h12H,1-10H2,(H3,19,20,21,27). The first kappa shape index (κ1) is 17.3. The molecule has 5 rings (SSSR count). The minimum Gasteiger partial charge on any atom is -0.369 e. The van der Waals surface area contributed by atoms with Crippen LogP contribution in [-0.2, 0) is 23.2 Å². The molecular formula is C18H24N8O2. The zero-order valence-electron chi connectivity index (χ0n) is 15.7. The third kappa shape index (κ3) is 2.61. The fourth-order valence-electron chi connectivity index (χ4n) is 5.12. The number of likely N-dealkylation sites (tertiary alicyclic amines) is 1. The van der Waals surface area contributed by atoms with E-state index in [1.807, 2.05) is 4.90 Å². The van der Waals surface area contributed by atoms with Gasteiger partial charge in [0.15, 0.2) is 5.82 Å². The highest BCUT2D eigenvalue weighted by atomic mass is 16.2. The number of anilines is 1. The summed E-state index contributed by atoms with van der Waals surface area (Å²) in [5.41, 5.74) is 7.14. The summed E-state index contributed by atoms with van der Waals surface area (Å²) in [6.45, 7) is 2.09. The van der Waals surface area contributed by atoms with Crippen molar-refractivity contribution in [2.45, 2.75) is 62.8 Å². The fourth-order valence-corrected chi connectivity index (χ4v) is 5.12. The number of nitrogens with zero attached hydrogens (tertiary/aromatic N) is 6. The number of rotatable bonds is 1. The van der Waals surface area contributed by atoms with Crippen molar-refractivity contribution in [2.24, 2.45) is 0 Å². The number of aromatic nitrogens is 6. The van der Waals surface area contributed by atoms with E-state index in [0.717, 1.165) is 62.7 Å². The third-order valence-corrected chi connectivity index (χ3v) is 6.70. The number of tetrazole rings is 1. The number of hydrogen-bond donors (Lipinski definition) is 2. The number of fused-ring (bicyclic) bond motifs is 3. The summed E-state index contributed by atoms with van der Waals surface area (Å²) in [4.78, 5) is 34.5. The van der Waals surface area contributed by atoms with Crippen LogP contribution in [0.15, 0.2) is 4.79 Å². The molecule has 1 amide bonds. The van der Waals surface area contributed by atoms with Crippen LogP contribution >= 0.6 is 0 Å². The molecule has 1 saturated heterocycles. The van der Waals surface area contributed by atoms with Gasteiger partial charge in [-0.15, -0.1) is 5.10 Å². The lowest BCUT2D eigenvalue weighted by molar-refractivity contribution is -0.134. The number of nitrogens with two attached hydrogens (primary N) is 1. The Kier molecular flexibility index (Phi) is 3.95. The number of aromatic amines is 1. The smallest absolute Gasteiger partial charge is 0.255 e. The van der Waals surface area contributed by atoms with Gasteiger partial charge in [0.2, 0.25) is 11.9 Å². The second kappa shape index (κ2) is 6.39. The molecule has 4 heterocycles. The first-order valence-corrected chi connectivity index (χ1v) is 10.0. The van der Waals surface area contributed by atoms with Crippen molar-refractivity contribution in [3.8, 4) is 0 Å². The number of carbonyl (C=O) groups excluding carboxylic acids is 1. The number of aryl methyl sites for hydroxylation is 1. The summed E-state index contributed by atoms with van der Waals surface area (Å²) in [6.07, 6.45) is 5.99. The number of piperidine rings is 1. The molecule has 1 aliphatic carbocycles. The molecule has 0 aromatic carbocycles. The Morgan fingerprint density at radius 1 is 1.18 bits per heavy atom. The number of carbonyl (C=O) groups is 1. The van der Waals surface area contributed by atoms with Crippen LogP contribution < -0.4 is 11.3 Å². The number of nitrogens with one attached hydrogen (secondary N) is 1. The van der Waals surface area contributed by atoms with Crippen LogP contribution in [0.5, 0.6) is 0 Å². The fraction of sp³-hybridized carbons (Fsp3) is 0.667. The van der Waals surface area contributed by atoms with Gasteiger partial charge >= 0.3 is 0 Å². The molecular weight excluding hydrogens is 360 g/mol. The maximum absolute atomic E-state index is 13.3. The molecule has 0 bridgehead atoms. The third-order valence-electron chi connectivity index (χ3n) is 6.70. The number of hydrogen-bond acceptors (Lipinski definition) is 7. The molecule has 1 unspecified atom stereocenters. The largest absolute Gasteiger partial charge is 0.369 e. The molecule has 0 radical (unpaired) electrons. The molecule has 2 aromatic rings. The van der Waals surface area contributed by atoms with Crippen molar-refractivity contribution in [1.82, 2.24) is 35.1 Å². The van der Waals surface area contributed by atoms with Crippen molar-refractivity contribution >= 4 is 11.9 Å². The Morgan fingerprint density at radius 3 is 2.82 bits per heavy atom. The predicted molar refractivity (Wildman–Crippen MR) is 99.5 cm³/mol. The van der Waals surface area contributed by atoms with Crippen LogP contribution in [0.3, 0.4) is 0 Å². The molecule has 10 heteroatoms. The Bertz CT molecular complexity index is 972. The van der Waals surface area contributed by atoms with Crippen LogP contribution in [0.2, 0.25) is 0 Å². The highest BCUT2D eigenvalue weighted by molar-refractivity contribution is 5.83. The van der Waals surface area contributed by atoms with E-state index in [9.17, 15) is 9.59 Å². The minimum absolute atomic E-state index is 0.115. The first-order valence-electron chi connectivity index (χ1n) is 10.0. The molecule has 1 spiro atoms. The van der Waals surface area contributed by atoms with E-state index in [0.29, 0.717) is 18.9 Å². The van der Waals surface area contributed by atoms with Gasteiger partial charge in [0.05, 0.1) is 11.6 Å². The summed E-state index contributed by atoms with van der Waals surface area (Å²) < 4.78 is 1.77. The number of H-pyrrole nitrogens is 1. The van der Waals surface area contributed by atoms with E-state index in [1.165, 1.54) is 0 Å². The molecule has 3 aliphatic rings. The van der Waals surface area contributed by atoms with Crippen LogP contribution in [-0.4, -0.2) is 54.1 Å². The summed E-state index contributed by atoms with van der Waals surface area (Å²) in [5, 5.41) is 11.9. The maximum atomic E-state index is 13.3. The Balaban J connectivity index is 1.35. The molecule has 28 heavy (non-hydrogen) atoms. The minimum atomic E-state index is -0.265. The summed E-state index contributed by atoms with van der Waals surface area (Å²) in [5.74, 6) is 0.715. The van der Waals surface area contributed by atoms with Crippen LogP contribution in [0.4, 0.5) is 5.95 Å². The monoisotopic (exact) mass is 384 g/mol. The van der Waals surface area contributed by atoms with Crippen molar-refractivity contribution in [2.75, 3.05) is 18.8 Å². The molecule has 2 aliphatic heterocycles. The second-order valence-corrected chi connectivity index (χ2v) is 8.19. The van der Waals surface area contributed by atoms with Crippen LogP contribution in [0.25, 0.3) is 0 Å². The topological polar surface area (TPSA) is 136 Å². The summed E-state index contributed by atoms with van der Waals surface area (Å²) in [6, 6.07) is 0.